The van der Waals surface area contributed by atoms with Crippen LogP contribution in [0.25, 0.3) is 0 Å². The van der Waals surface area contributed by atoms with Crippen molar-refractivity contribution in [2.45, 2.75) is 32.4 Å². The Morgan fingerprint density at radius 3 is 2.14 bits per heavy atom. The molecular formula is C18H23ClN2O. The van der Waals surface area contributed by atoms with E-state index in [0.29, 0.717) is 19.4 Å². The van der Waals surface area contributed by atoms with E-state index in [2.05, 4.69) is 0 Å². The first kappa shape index (κ1) is 18.2. The third-order valence-electron chi connectivity index (χ3n) is 3.37. The average molecular weight is 319 g/mol. The molecule has 4 heteroatoms. The van der Waals surface area contributed by atoms with Gasteiger partial charge in [-0.25, -0.2) is 0 Å². The number of hydrogen-bond acceptors (Lipinski definition) is 2. The van der Waals surface area contributed by atoms with Gasteiger partial charge in [0.25, 0.3) is 0 Å². The lowest BCUT2D eigenvalue weighted by atomic mass is 10.1. The Morgan fingerprint density at radius 2 is 1.59 bits per heavy atom. The van der Waals surface area contributed by atoms with Gasteiger partial charge in [-0.15, -0.1) is 12.4 Å². The van der Waals surface area contributed by atoms with Gasteiger partial charge in [-0.05, 0) is 31.0 Å². The van der Waals surface area contributed by atoms with E-state index in [1.807, 2.05) is 72.5 Å². The molecule has 0 aliphatic rings. The quantitative estimate of drug-likeness (QED) is 0.881. The Labute approximate surface area is 138 Å². The zero-order chi connectivity index (χ0) is 15.1. The van der Waals surface area contributed by atoms with Crippen molar-refractivity contribution in [3.63, 3.8) is 0 Å². The van der Waals surface area contributed by atoms with Gasteiger partial charge in [0.05, 0.1) is 6.54 Å². The molecule has 0 fully saturated rings. The molecule has 2 aromatic carbocycles. The number of benzene rings is 2. The number of halogens is 1. The van der Waals surface area contributed by atoms with Gasteiger partial charge in [0, 0.05) is 18.2 Å². The monoisotopic (exact) mass is 318 g/mol. The summed E-state index contributed by atoms with van der Waals surface area (Å²) in [6.07, 6.45) is 1.18. The van der Waals surface area contributed by atoms with Crippen molar-refractivity contribution in [1.82, 2.24) is 0 Å². The van der Waals surface area contributed by atoms with Crippen LogP contribution in [0.2, 0.25) is 0 Å². The van der Waals surface area contributed by atoms with Crippen molar-refractivity contribution in [3.8, 4) is 0 Å². The molecule has 0 saturated carbocycles. The van der Waals surface area contributed by atoms with Crippen LogP contribution in [-0.4, -0.2) is 11.9 Å². The highest BCUT2D eigenvalue weighted by Gasteiger charge is 2.16. The molecule has 1 unspecified atom stereocenters. The van der Waals surface area contributed by atoms with Crippen LogP contribution in [-0.2, 0) is 11.3 Å². The Kier molecular flexibility index (Phi) is 7.64. The fourth-order valence-electron chi connectivity index (χ4n) is 2.18. The van der Waals surface area contributed by atoms with Crippen LogP contribution in [0.1, 0.15) is 25.3 Å². The second kappa shape index (κ2) is 9.23. The number of carbonyl (C=O) groups is 1. The summed E-state index contributed by atoms with van der Waals surface area (Å²) >= 11 is 0. The molecule has 22 heavy (non-hydrogen) atoms. The van der Waals surface area contributed by atoms with Gasteiger partial charge in [0.1, 0.15) is 0 Å². The average Bonchev–Trinajstić information content (AvgIpc) is 2.52. The third-order valence-corrected chi connectivity index (χ3v) is 3.37. The Hall–Kier alpha value is -1.84. The molecule has 0 saturated heterocycles. The number of hydrogen-bond donors (Lipinski definition) is 1. The van der Waals surface area contributed by atoms with Gasteiger partial charge in [0.2, 0.25) is 5.91 Å². The van der Waals surface area contributed by atoms with Gasteiger partial charge >= 0.3 is 0 Å². The number of rotatable bonds is 6. The normalized spacial score (nSPS) is 11.4. The van der Waals surface area contributed by atoms with Crippen molar-refractivity contribution >= 4 is 24.0 Å². The molecule has 0 radical (unpaired) electrons. The van der Waals surface area contributed by atoms with Crippen molar-refractivity contribution in [2.24, 2.45) is 5.73 Å². The summed E-state index contributed by atoms with van der Waals surface area (Å²) < 4.78 is 0. The zero-order valence-electron chi connectivity index (χ0n) is 12.8. The van der Waals surface area contributed by atoms with Gasteiger partial charge in [0.15, 0.2) is 0 Å². The summed E-state index contributed by atoms with van der Waals surface area (Å²) in [7, 11) is 0. The highest BCUT2D eigenvalue weighted by Crippen LogP contribution is 2.18. The zero-order valence-corrected chi connectivity index (χ0v) is 13.6. The van der Waals surface area contributed by atoms with Crippen molar-refractivity contribution < 1.29 is 4.79 Å². The second-order valence-electron chi connectivity index (χ2n) is 5.32. The molecular weight excluding hydrogens is 296 g/mol. The number of carbonyl (C=O) groups excluding carboxylic acids is 1. The lowest BCUT2D eigenvalue weighted by molar-refractivity contribution is -0.118. The van der Waals surface area contributed by atoms with Crippen molar-refractivity contribution in [3.05, 3.63) is 66.2 Å². The van der Waals surface area contributed by atoms with Crippen LogP contribution in [0, 0.1) is 0 Å². The van der Waals surface area contributed by atoms with Crippen LogP contribution in [0.4, 0.5) is 5.69 Å². The molecule has 1 atom stereocenters. The molecule has 0 heterocycles. The van der Waals surface area contributed by atoms with Gasteiger partial charge in [-0.1, -0.05) is 48.5 Å². The number of para-hydroxylation sites is 1. The molecule has 2 N–H and O–H groups in total. The van der Waals surface area contributed by atoms with E-state index in [1.54, 1.807) is 0 Å². The first-order chi connectivity index (χ1) is 10.2. The molecule has 0 aliphatic heterocycles. The Morgan fingerprint density at radius 1 is 1.05 bits per heavy atom. The van der Waals surface area contributed by atoms with E-state index in [0.717, 1.165) is 11.3 Å². The summed E-state index contributed by atoms with van der Waals surface area (Å²) in [6.45, 7) is 2.51. The van der Waals surface area contributed by atoms with Crippen LogP contribution in [0.5, 0.6) is 0 Å². The minimum absolute atomic E-state index is 0. The predicted molar refractivity (Wildman–Crippen MR) is 94.2 cm³/mol. The maximum atomic E-state index is 12.5. The summed E-state index contributed by atoms with van der Waals surface area (Å²) in [5, 5.41) is 0. The number of anilines is 1. The van der Waals surface area contributed by atoms with Gasteiger partial charge in [-0.2, -0.15) is 0 Å². The predicted octanol–water partition coefficient (Wildman–Crippen LogP) is 3.77. The molecule has 1 amide bonds. The molecule has 0 aromatic heterocycles. The van der Waals surface area contributed by atoms with E-state index in [4.69, 9.17) is 5.73 Å². The first-order valence-corrected chi connectivity index (χ1v) is 7.31. The van der Waals surface area contributed by atoms with Crippen LogP contribution in [0.15, 0.2) is 60.7 Å². The minimum atomic E-state index is 0. The maximum absolute atomic E-state index is 12.5. The summed E-state index contributed by atoms with van der Waals surface area (Å²) in [6, 6.07) is 19.9. The Bertz CT molecular complexity index is 558. The summed E-state index contributed by atoms with van der Waals surface area (Å²) in [5.74, 6) is 0.113. The smallest absolute Gasteiger partial charge is 0.227 e. The summed E-state index contributed by atoms with van der Waals surface area (Å²) in [4.78, 5) is 14.4. The van der Waals surface area contributed by atoms with E-state index in [-0.39, 0.29) is 24.4 Å². The van der Waals surface area contributed by atoms with Crippen LogP contribution >= 0.6 is 12.4 Å². The maximum Gasteiger partial charge on any atom is 0.227 e. The first-order valence-electron chi connectivity index (χ1n) is 7.31. The highest BCUT2D eigenvalue weighted by molar-refractivity contribution is 5.93. The van der Waals surface area contributed by atoms with E-state index in [1.165, 1.54) is 0 Å². The van der Waals surface area contributed by atoms with Crippen LogP contribution in [0.3, 0.4) is 0 Å². The largest absolute Gasteiger partial charge is 0.328 e. The van der Waals surface area contributed by atoms with Crippen LogP contribution < -0.4 is 10.6 Å². The van der Waals surface area contributed by atoms with E-state index >= 15 is 0 Å². The molecule has 0 aliphatic carbocycles. The standard InChI is InChI=1S/C18H22N2O.ClH/c1-15(19)12-13-18(21)20(17-10-6-3-7-11-17)14-16-8-4-2-5-9-16;/h2-11,15H,12-14,19H2,1H3;1H. The van der Waals surface area contributed by atoms with Crippen molar-refractivity contribution in [2.75, 3.05) is 4.90 Å². The fourth-order valence-corrected chi connectivity index (χ4v) is 2.18. The minimum Gasteiger partial charge on any atom is -0.328 e. The number of amides is 1. The molecule has 2 aromatic rings. The topological polar surface area (TPSA) is 46.3 Å². The number of nitrogens with zero attached hydrogens (tertiary/aromatic N) is 1. The van der Waals surface area contributed by atoms with Crippen molar-refractivity contribution in [1.29, 1.82) is 0 Å². The molecule has 2 rings (SSSR count). The van der Waals surface area contributed by atoms with Gasteiger partial charge < -0.3 is 10.6 Å². The molecule has 0 bridgehead atoms. The fraction of sp³-hybridized carbons (Fsp3) is 0.278. The number of nitrogens with two attached hydrogens (primary N) is 1. The molecule has 118 valence electrons. The lowest BCUT2D eigenvalue weighted by Crippen LogP contribution is -2.31. The van der Waals surface area contributed by atoms with E-state index in [9.17, 15) is 4.79 Å². The molecule has 0 spiro atoms. The van der Waals surface area contributed by atoms with E-state index < -0.39 is 0 Å². The molecule has 3 nitrogen and oxygen atoms in total. The van der Waals surface area contributed by atoms with Gasteiger partial charge in [-0.3, -0.25) is 4.79 Å². The Balaban J connectivity index is 0.00000242. The lowest BCUT2D eigenvalue weighted by Gasteiger charge is -2.23. The highest BCUT2D eigenvalue weighted by atomic mass is 35.5. The summed E-state index contributed by atoms with van der Waals surface area (Å²) in [5.41, 5.74) is 7.81. The SMILES string of the molecule is CC(N)CCC(=O)N(Cc1ccccc1)c1ccccc1.Cl. The third kappa shape index (κ3) is 5.51. The second-order valence-corrected chi connectivity index (χ2v) is 5.32.